The van der Waals surface area contributed by atoms with Gasteiger partial charge in [-0.1, -0.05) is 0 Å². The van der Waals surface area contributed by atoms with Crippen LogP contribution in [0.25, 0.3) is 0 Å². The minimum Gasteiger partial charge on any atom is -0.493 e. The van der Waals surface area contributed by atoms with Crippen molar-refractivity contribution in [1.29, 1.82) is 0 Å². The number of ether oxygens (including phenoxy) is 3. The summed E-state index contributed by atoms with van der Waals surface area (Å²) in [6, 6.07) is 2.22. The molecule has 1 heterocycles. The molecule has 24 heavy (non-hydrogen) atoms. The van der Waals surface area contributed by atoms with Gasteiger partial charge in [0.1, 0.15) is 6.04 Å². The van der Waals surface area contributed by atoms with E-state index in [9.17, 15) is 14.4 Å². The first-order valence-corrected chi connectivity index (χ1v) is 7.41. The van der Waals surface area contributed by atoms with Gasteiger partial charge in [0.15, 0.2) is 11.5 Å². The molecule has 0 unspecified atom stereocenters. The second kappa shape index (κ2) is 7.20. The maximum absolute atomic E-state index is 12.8. The Kier molecular flexibility index (Phi) is 5.28. The SMILES string of the molecule is CCN(C(=O)c1cc(OC)c(OC)c(OC)c1)[C@@H]1CC(=O)NC1=O. The number of rotatable bonds is 6. The fourth-order valence-electron chi connectivity index (χ4n) is 2.67. The van der Waals surface area contributed by atoms with Crippen LogP contribution in [0.15, 0.2) is 12.1 Å². The molecule has 0 saturated carbocycles. The highest BCUT2D eigenvalue weighted by molar-refractivity contribution is 6.08. The molecular weight excluding hydrogens is 316 g/mol. The van der Waals surface area contributed by atoms with Crippen LogP contribution in [0.2, 0.25) is 0 Å². The zero-order valence-electron chi connectivity index (χ0n) is 14.0. The van der Waals surface area contributed by atoms with E-state index in [4.69, 9.17) is 14.2 Å². The lowest BCUT2D eigenvalue weighted by Gasteiger charge is -2.26. The molecule has 1 saturated heterocycles. The number of benzene rings is 1. The van der Waals surface area contributed by atoms with E-state index in [1.165, 1.54) is 38.4 Å². The molecule has 0 radical (unpaired) electrons. The minimum absolute atomic E-state index is 0.0389. The summed E-state index contributed by atoms with van der Waals surface area (Å²) in [4.78, 5) is 37.5. The normalized spacial score (nSPS) is 16.6. The van der Waals surface area contributed by atoms with Crippen molar-refractivity contribution in [3.8, 4) is 17.2 Å². The highest BCUT2D eigenvalue weighted by atomic mass is 16.5. The van der Waals surface area contributed by atoms with Crippen LogP contribution in [0.4, 0.5) is 0 Å². The number of imide groups is 1. The van der Waals surface area contributed by atoms with Gasteiger partial charge in [-0.05, 0) is 19.1 Å². The number of carbonyl (C=O) groups is 3. The molecule has 8 heteroatoms. The lowest BCUT2D eigenvalue weighted by Crippen LogP contribution is -2.44. The maximum Gasteiger partial charge on any atom is 0.254 e. The van der Waals surface area contributed by atoms with Gasteiger partial charge in [0.05, 0.1) is 27.8 Å². The summed E-state index contributed by atoms with van der Waals surface area (Å²) in [6.45, 7) is 2.02. The molecule has 0 bridgehead atoms. The van der Waals surface area contributed by atoms with Crippen molar-refractivity contribution in [1.82, 2.24) is 10.2 Å². The quantitative estimate of drug-likeness (QED) is 0.764. The zero-order chi connectivity index (χ0) is 17.9. The largest absolute Gasteiger partial charge is 0.493 e. The summed E-state index contributed by atoms with van der Waals surface area (Å²) in [6.07, 6.45) is -0.0389. The van der Waals surface area contributed by atoms with Crippen LogP contribution >= 0.6 is 0 Å². The Morgan fingerprint density at radius 1 is 1.17 bits per heavy atom. The first-order valence-electron chi connectivity index (χ1n) is 7.41. The first kappa shape index (κ1) is 17.6. The molecule has 1 aliphatic rings. The van der Waals surface area contributed by atoms with Gasteiger partial charge >= 0.3 is 0 Å². The van der Waals surface area contributed by atoms with Gasteiger partial charge in [-0.15, -0.1) is 0 Å². The van der Waals surface area contributed by atoms with Gasteiger partial charge < -0.3 is 19.1 Å². The number of carbonyl (C=O) groups excluding carboxylic acids is 3. The van der Waals surface area contributed by atoms with E-state index in [1.54, 1.807) is 6.92 Å². The first-order chi connectivity index (χ1) is 11.5. The fourth-order valence-corrected chi connectivity index (χ4v) is 2.67. The lowest BCUT2D eigenvalue weighted by molar-refractivity contribution is -0.126. The van der Waals surface area contributed by atoms with Crippen molar-refractivity contribution < 1.29 is 28.6 Å². The van der Waals surface area contributed by atoms with Gasteiger partial charge in [0, 0.05) is 12.1 Å². The maximum atomic E-state index is 12.8. The van der Waals surface area contributed by atoms with Crippen LogP contribution in [0.1, 0.15) is 23.7 Å². The molecule has 1 aromatic rings. The number of amides is 3. The van der Waals surface area contributed by atoms with E-state index in [-0.39, 0.29) is 24.4 Å². The number of likely N-dealkylation sites (N-methyl/N-ethyl adjacent to an activating group) is 1. The van der Waals surface area contributed by atoms with E-state index < -0.39 is 17.9 Å². The minimum atomic E-state index is -0.811. The van der Waals surface area contributed by atoms with E-state index >= 15 is 0 Å². The highest BCUT2D eigenvalue weighted by Gasteiger charge is 2.37. The molecule has 1 atom stereocenters. The summed E-state index contributed by atoms with van der Waals surface area (Å²) in [5.74, 6) is -0.213. The second-order valence-electron chi connectivity index (χ2n) is 5.14. The zero-order valence-corrected chi connectivity index (χ0v) is 14.0. The molecule has 8 nitrogen and oxygen atoms in total. The topological polar surface area (TPSA) is 94.2 Å². The Balaban J connectivity index is 2.40. The second-order valence-corrected chi connectivity index (χ2v) is 5.14. The van der Waals surface area contributed by atoms with Gasteiger partial charge in [-0.3, -0.25) is 19.7 Å². The Hall–Kier alpha value is -2.77. The van der Waals surface area contributed by atoms with Crippen molar-refractivity contribution in [2.75, 3.05) is 27.9 Å². The molecule has 130 valence electrons. The molecule has 1 N–H and O–H groups in total. The molecule has 1 aliphatic heterocycles. The average Bonchev–Trinajstić information content (AvgIpc) is 2.92. The predicted octanol–water partition coefficient (Wildman–Crippen LogP) is 0.590. The van der Waals surface area contributed by atoms with Crippen molar-refractivity contribution in [2.24, 2.45) is 0 Å². The standard InChI is InChI=1S/C16H20N2O6/c1-5-18(10-8-13(19)17-15(10)20)16(21)9-6-11(22-2)14(24-4)12(7-9)23-3/h6-7,10H,5,8H2,1-4H3,(H,17,19,20)/t10-/m1/s1. The van der Waals surface area contributed by atoms with Crippen LogP contribution < -0.4 is 19.5 Å². The Morgan fingerprint density at radius 2 is 1.75 bits per heavy atom. The number of methoxy groups -OCH3 is 3. The number of hydrogen-bond donors (Lipinski definition) is 1. The Bertz CT molecular complexity index is 648. The van der Waals surface area contributed by atoms with Gasteiger partial charge in [0.25, 0.3) is 5.91 Å². The van der Waals surface area contributed by atoms with E-state index in [2.05, 4.69) is 5.32 Å². The monoisotopic (exact) mass is 336 g/mol. The molecule has 3 amide bonds. The van der Waals surface area contributed by atoms with Crippen molar-refractivity contribution in [3.05, 3.63) is 17.7 Å². The van der Waals surface area contributed by atoms with E-state index in [1.807, 2.05) is 0 Å². The van der Waals surface area contributed by atoms with Crippen LogP contribution in [-0.4, -0.2) is 56.5 Å². The molecular formula is C16H20N2O6. The summed E-state index contributed by atoms with van der Waals surface area (Å²) < 4.78 is 15.7. The number of nitrogens with zero attached hydrogens (tertiary/aromatic N) is 1. The molecule has 0 aromatic heterocycles. The predicted molar refractivity (Wildman–Crippen MR) is 84.4 cm³/mol. The number of hydrogen-bond acceptors (Lipinski definition) is 6. The fraction of sp³-hybridized carbons (Fsp3) is 0.438. The summed E-state index contributed by atoms with van der Waals surface area (Å²) in [5.41, 5.74) is 0.276. The highest BCUT2D eigenvalue weighted by Crippen LogP contribution is 2.38. The van der Waals surface area contributed by atoms with Gasteiger partial charge in [-0.25, -0.2) is 0 Å². The summed E-state index contributed by atoms with van der Waals surface area (Å²) in [7, 11) is 4.37. The third-order valence-corrected chi connectivity index (χ3v) is 3.83. The van der Waals surface area contributed by atoms with Crippen LogP contribution in [0.3, 0.4) is 0 Å². The Morgan fingerprint density at radius 3 is 2.12 bits per heavy atom. The van der Waals surface area contributed by atoms with E-state index in [0.717, 1.165) is 0 Å². The van der Waals surface area contributed by atoms with Crippen molar-refractivity contribution >= 4 is 17.7 Å². The van der Waals surface area contributed by atoms with Crippen LogP contribution in [0, 0.1) is 0 Å². The van der Waals surface area contributed by atoms with Gasteiger partial charge in [-0.2, -0.15) is 0 Å². The molecule has 0 spiro atoms. The van der Waals surface area contributed by atoms with Gasteiger partial charge in [0.2, 0.25) is 17.6 Å². The molecule has 1 aromatic carbocycles. The lowest BCUT2D eigenvalue weighted by atomic mass is 10.1. The third kappa shape index (κ3) is 3.12. The molecule has 0 aliphatic carbocycles. The number of nitrogens with one attached hydrogen (secondary N) is 1. The van der Waals surface area contributed by atoms with Crippen LogP contribution in [-0.2, 0) is 9.59 Å². The van der Waals surface area contributed by atoms with Crippen molar-refractivity contribution in [3.63, 3.8) is 0 Å². The van der Waals surface area contributed by atoms with Crippen molar-refractivity contribution in [2.45, 2.75) is 19.4 Å². The summed E-state index contributed by atoms with van der Waals surface area (Å²) in [5, 5.41) is 2.21. The van der Waals surface area contributed by atoms with Crippen LogP contribution in [0.5, 0.6) is 17.2 Å². The third-order valence-electron chi connectivity index (χ3n) is 3.83. The Labute approximate surface area is 139 Å². The molecule has 2 rings (SSSR count). The van der Waals surface area contributed by atoms with E-state index in [0.29, 0.717) is 17.2 Å². The summed E-state index contributed by atoms with van der Waals surface area (Å²) >= 11 is 0. The smallest absolute Gasteiger partial charge is 0.254 e. The average molecular weight is 336 g/mol. The molecule has 1 fully saturated rings.